The van der Waals surface area contributed by atoms with Crippen molar-refractivity contribution in [1.82, 2.24) is 4.90 Å². The molecule has 2 amide bonds. The first-order chi connectivity index (χ1) is 14.2. The van der Waals surface area contributed by atoms with E-state index in [1.54, 1.807) is 57.2 Å². The third-order valence-electron chi connectivity index (χ3n) is 4.82. The molecule has 2 N–H and O–H groups in total. The van der Waals surface area contributed by atoms with Gasteiger partial charge >= 0.3 is 6.09 Å². The van der Waals surface area contributed by atoms with Crippen LogP contribution >= 0.6 is 0 Å². The molecule has 1 aliphatic rings. The highest BCUT2D eigenvalue weighted by Gasteiger charge is 2.42. The summed E-state index contributed by atoms with van der Waals surface area (Å²) < 4.78 is 11.3. The molecule has 0 aromatic heterocycles. The zero-order valence-electron chi connectivity index (χ0n) is 17.3. The molecule has 0 radical (unpaired) electrons. The van der Waals surface area contributed by atoms with E-state index in [0.717, 1.165) is 5.56 Å². The second kappa shape index (κ2) is 8.46. The Bertz CT molecular complexity index is 973. The van der Waals surface area contributed by atoms with Gasteiger partial charge in [-0.05, 0) is 63.4 Å². The average Bonchev–Trinajstić information content (AvgIpc) is 3.13. The van der Waals surface area contributed by atoms with Crippen LogP contribution in [0.2, 0.25) is 0 Å². The Morgan fingerprint density at radius 2 is 1.77 bits per heavy atom. The van der Waals surface area contributed by atoms with Crippen LogP contribution in [0.1, 0.15) is 50.8 Å². The van der Waals surface area contributed by atoms with Crippen LogP contribution in [0.3, 0.4) is 0 Å². The first-order valence-corrected chi connectivity index (χ1v) is 9.77. The molecular weight excluding hydrogens is 382 g/mol. The molecule has 1 fully saturated rings. The molecule has 3 rings (SSSR count). The summed E-state index contributed by atoms with van der Waals surface area (Å²) in [5.41, 5.74) is 6.15. The van der Waals surface area contributed by atoms with Gasteiger partial charge in [-0.25, -0.2) is 4.79 Å². The van der Waals surface area contributed by atoms with Gasteiger partial charge < -0.3 is 15.2 Å². The van der Waals surface area contributed by atoms with Gasteiger partial charge in [-0.1, -0.05) is 24.3 Å². The van der Waals surface area contributed by atoms with E-state index >= 15 is 0 Å². The standard InChI is InChI=1S/C23H25N3O4/c1-23(2,3)30-22(28)26-18(12-13-19(26)21(25)27)15-8-10-17(11-9-15)29-20-7-5-4-6-16(20)14-24/h4-11,18-19H,12-13H2,1-3H3,(H2,25,27)/t18-,19+/m1/s1. The summed E-state index contributed by atoms with van der Waals surface area (Å²) in [6.07, 6.45) is 0.522. The Balaban J connectivity index is 1.82. The second-order valence-electron chi connectivity index (χ2n) is 8.18. The molecule has 0 spiro atoms. The monoisotopic (exact) mass is 407 g/mol. The van der Waals surface area contributed by atoms with Gasteiger partial charge in [0.25, 0.3) is 0 Å². The predicted octanol–water partition coefficient (Wildman–Crippen LogP) is 4.28. The minimum absolute atomic E-state index is 0.321. The Kier molecular flexibility index (Phi) is 5.97. The van der Waals surface area contributed by atoms with Gasteiger partial charge in [-0.2, -0.15) is 5.26 Å². The number of nitriles is 1. The molecule has 2 aromatic carbocycles. The number of ether oxygens (including phenoxy) is 2. The predicted molar refractivity (Wildman–Crippen MR) is 111 cm³/mol. The van der Waals surface area contributed by atoms with Gasteiger partial charge in [0.1, 0.15) is 29.2 Å². The number of carbonyl (C=O) groups is 2. The van der Waals surface area contributed by atoms with E-state index in [2.05, 4.69) is 6.07 Å². The topological polar surface area (TPSA) is 106 Å². The molecule has 1 heterocycles. The fraction of sp³-hybridized carbons (Fsp3) is 0.348. The van der Waals surface area contributed by atoms with Crippen LogP contribution in [-0.4, -0.2) is 28.5 Å². The van der Waals surface area contributed by atoms with Crippen molar-refractivity contribution in [2.24, 2.45) is 5.73 Å². The van der Waals surface area contributed by atoms with Crippen LogP contribution in [0.4, 0.5) is 4.79 Å². The second-order valence-corrected chi connectivity index (χ2v) is 8.18. The molecule has 1 saturated heterocycles. The van der Waals surface area contributed by atoms with Crippen LogP contribution in [-0.2, 0) is 9.53 Å². The van der Waals surface area contributed by atoms with Crippen molar-refractivity contribution in [3.05, 3.63) is 59.7 Å². The number of primary amides is 1. The molecule has 7 nitrogen and oxygen atoms in total. The smallest absolute Gasteiger partial charge is 0.411 e. The van der Waals surface area contributed by atoms with Gasteiger partial charge in [-0.15, -0.1) is 0 Å². The Morgan fingerprint density at radius 1 is 1.10 bits per heavy atom. The van der Waals surface area contributed by atoms with E-state index in [1.807, 2.05) is 12.1 Å². The third-order valence-corrected chi connectivity index (χ3v) is 4.82. The van der Waals surface area contributed by atoms with Crippen LogP contribution in [0.25, 0.3) is 0 Å². The zero-order chi connectivity index (χ0) is 21.9. The number of para-hydroxylation sites is 1. The summed E-state index contributed by atoms with van der Waals surface area (Å²) in [5, 5.41) is 9.20. The molecule has 2 aromatic rings. The molecule has 0 saturated carbocycles. The lowest BCUT2D eigenvalue weighted by Gasteiger charge is -2.31. The van der Waals surface area contributed by atoms with Crippen LogP contribution in [0.15, 0.2) is 48.5 Å². The van der Waals surface area contributed by atoms with Gasteiger partial charge in [0.2, 0.25) is 5.91 Å². The van der Waals surface area contributed by atoms with Gasteiger partial charge in [0, 0.05) is 0 Å². The van der Waals surface area contributed by atoms with Crippen molar-refractivity contribution in [3.8, 4) is 17.6 Å². The number of hydrogen-bond donors (Lipinski definition) is 1. The molecule has 0 unspecified atom stereocenters. The number of nitrogens with zero attached hydrogens (tertiary/aromatic N) is 2. The highest BCUT2D eigenvalue weighted by atomic mass is 16.6. The fourth-order valence-corrected chi connectivity index (χ4v) is 3.52. The Hall–Kier alpha value is -3.53. The van der Waals surface area contributed by atoms with Crippen LogP contribution < -0.4 is 10.5 Å². The summed E-state index contributed by atoms with van der Waals surface area (Å²) in [4.78, 5) is 26.1. The Labute approximate surface area is 176 Å². The maximum atomic E-state index is 12.8. The lowest BCUT2D eigenvalue weighted by Crippen LogP contribution is -2.46. The lowest BCUT2D eigenvalue weighted by molar-refractivity contribution is -0.122. The molecule has 2 atom stereocenters. The summed E-state index contributed by atoms with van der Waals surface area (Å²) in [5.74, 6) is 0.490. The van der Waals surface area contributed by atoms with Crippen molar-refractivity contribution in [1.29, 1.82) is 5.26 Å². The number of amides is 2. The van der Waals surface area contributed by atoms with Crippen molar-refractivity contribution in [3.63, 3.8) is 0 Å². The molecule has 156 valence electrons. The minimum atomic E-state index is -0.705. The van der Waals surface area contributed by atoms with E-state index in [9.17, 15) is 14.9 Å². The SMILES string of the molecule is CC(C)(C)OC(=O)N1[C@@H](c2ccc(Oc3ccccc3C#N)cc2)CC[C@H]1C(N)=O. The average molecular weight is 407 g/mol. The number of nitrogens with two attached hydrogens (primary N) is 1. The number of carbonyl (C=O) groups excluding carboxylic acids is 2. The third kappa shape index (κ3) is 4.71. The molecule has 0 bridgehead atoms. The fourth-order valence-electron chi connectivity index (χ4n) is 3.52. The lowest BCUT2D eigenvalue weighted by atomic mass is 10.0. The first-order valence-electron chi connectivity index (χ1n) is 9.77. The highest BCUT2D eigenvalue weighted by molar-refractivity contribution is 5.85. The van der Waals surface area contributed by atoms with E-state index in [0.29, 0.717) is 29.9 Å². The number of hydrogen-bond acceptors (Lipinski definition) is 5. The van der Waals surface area contributed by atoms with E-state index in [1.165, 1.54) is 4.90 Å². The number of rotatable bonds is 4. The van der Waals surface area contributed by atoms with E-state index < -0.39 is 23.6 Å². The molecule has 7 heteroatoms. The van der Waals surface area contributed by atoms with E-state index in [4.69, 9.17) is 15.2 Å². The van der Waals surface area contributed by atoms with Crippen molar-refractivity contribution < 1.29 is 19.1 Å². The summed E-state index contributed by atoms with van der Waals surface area (Å²) in [6, 6.07) is 15.3. The largest absolute Gasteiger partial charge is 0.456 e. The van der Waals surface area contributed by atoms with Gasteiger partial charge in [0.15, 0.2) is 0 Å². The van der Waals surface area contributed by atoms with Gasteiger partial charge in [0.05, 0.1) is 11.6 Å². The van der Waals surface area contributed by atoms with Gasteiger partial charge in [-0.3, -0.25) is 9.69 Å². The highest BCUT2D eigenvalue weighted by Crippen LogP contribution is 2.38. The van der Waals surface area contributed by atoms with E-state index in [-0.39, 0.29) is 6.04 Å². The van der Waals surface area contributed by atoms with Crippen molar-refractivity contribution >= 4 is 12.0 Å². The molecule has 0 aliphatic carbocycles. The van der Waals surface area contributed by atoms with Crippen molar-refractivity contribution in [2.45, 2.75) is 51.3 Å². The first kappa shape index (κ1) is 21.2. The van der Waals surface area contributed by atoms with Crippen LogP contribution in [0.5, 0.6) is 11.5 Å². The summed E-state index contributed by atoms with van der Waals surface area (Å²) in [6.45, 7) is 5.33. The quantitative estimate of drug-likeness (QED) is 0.814. The molecule has 30 heavy (non-hydrogen) atoms. The maximum Gasteiger partial charge on any atom is 0.411 e. The molecule has 1 aliphatic heterocycles. The normalized spacial score (nSPS) is 18.5. The zero-order valence-corrected chi connectivity index (χ0v) is 17.3. The molecular formula is C23H25N3O4. The number of benzene rings is 2. The maximum absolute atomic E-state index is 12.8. The summed E-state index contributed by atoms with van der Waals surface area (Å²) in [7, 11) is 0. The summed E-state index contributed by atoms with van der Waals surface area (Å²) >= 11 is 0. The number of likely N-dealkylation sites (tertiary alicyclic amines) is 1. The minimum Gasteiger partial charge on any atom is -0.456 e. The van der Waals surface area contributed by atoms with Crippen LogP contribution in [0, 0.1) is 11.3 Å². The Morgan fingerprint density at radius 3 is 2.37 bits per heavy atom. The van der Waals surface area contributed by atoms with Crippen molar-refractivity contribution in [2.75, 3.05) is 0 Å².